The first-order valence-electron chi connectivity index (χ1n) is 7.07. The first kappa shape index (κ1) is 14.9. The maximum atomic E-state index is 13.7. The third-order valence-electron chi connectivity index (χ3n) is 3.27. The molecule has 116 valence electrons. The van der Waals surface area contributed by atoms with Gasteiger partial charge in [-0.1, -0.05) is 24.3 Å². The normalized spacial score (nSPS) is 10.3. The number of ether oxygens (including phenoxy) is 1. The number of rotatable bonds is 5. The minimum absolute atomic E-state index is 0.266. The van der Waals surface area contributed by atoms with Gasteiger partial charge in [-0.25, -0.2) is 14.4 Å². The highest BCUT2D eigenvalue weighted by atomic mass is 19.1. The van der Waals surface area contributed by atoms with E-state index in [1.54, 1.807) is 30.6 Å². The molecule has 0 fully saturated rings. The van der Waals surface area contributed by atoms with E-state index in [9.17, 15) is 4.39 Å². The number of hydrogen-bond acceptors (Lipinski definition) is 5. The fourth-order valence-corrected chi connectivity index (χ4v) is 2.09. The number of halogens is 1. The van der Waals surface area contributed by atoms with Crippen LogP contribution in [0.2, 0.25) is 0 Å². The van der Waals surface area contributed by atoms with E-state index in [2.05, 4.69) is 20.3 Å². The number of aromatic nitrogens is 3. The Labute approximate surface area is 133 Å². The van der Waals surface area contributed by atoms with Gasteiger partial charge < -0.3 is 10.1 Å². The molecular weight excluding hydrogens is 295 g/mol. The average molecular weight is 310 g/mol. The Hall–Kier alpha value is -3.02. The van der Waals surface area contributed by atoms with Crippen LogP contribution in [-0.4, -0.2) is 22.1 Å². The SMILES string of the molecule is COc1cnc(-c2ccccn2)nc1NCc1ccccc1F. The van der Waals surface area contributed by atoms with Crippen molar-refractivity contribution in [2.24, 2.45) is 0 Å². The summed E-state index contributed by atoms with van der Waals surface area (Å²) in [6, 6.07) is 12.1. The smallest absolute Gasteiger partial charge is 0.180 e. The van der Waals surface area contributed by atoms with Crippen LogP contribution in [-0.2, 0) is 6.54 Å². The van der Waals surface area contributed by atoms with Gasteiger partial charge in [-0.05, 0) is 18.2 Å². The van der Waals surface area contributed by atoms with E-state index in [1.165, 1.54) is 13.2 Å². The molecule has 5 nitrogen and oxygen atoms in total. The van der Waals surface area contributed by atoms with Gasteiger partial charge in [0.25, 0.3) is 0 Å². The molecule has 0 unspecified atom stereocenters. The van der Waals surface area contributed by atoms with Crippen molar-refractivity contribution in [3.05, 3.63) is 66.2 Å². The summed E-state index contributed by atoms with van der Waals surface area (Å²) in [5.41, 5.74) is 1.21. The van der Waals surface area contributed by atoms with Gasteiger partial charge in [0.1, 0.15) is 11.5 Å². The van der Waals surface area contributed by atoms with E-state index in [0.29, 0.717) is 35.2 Å². The molecule has 1 aromatic carbocycles. The third-order valence-corrected chi connectivity index (χ3v) is 3.27. The second-order valence-electron chi connectivity index (χ2n) is 4.77. The molecule has 0 saturated heterocycles. The number of nitrogens with one attached hydrogen (secondary N) is 1. The molecule has 0 aliphatic heterocycles. The predicted molar refractivity (Wildman–Crippen MR) is 85.5 cm³/mol. The van der Waals surface area contributed by atoms with Crippen LogP contribution < -0.4 is 10.1 Å². The minimum atomic E-state index is -0.266. The number of benzene rings is 1. The molecule has 23 heavy (non-hydrogen) atoms. The number of hydrogen-bond donors (Lipinski definition) is 1. The highest BCUT2D eigenvalue weighted by molar-refractivity contribution is 5.57. The van der Waals surface area contributed by atoms with Crippen molar-refractivity contribution in [3.63, 3.8) is 0 Å². The summed E-state index contributed by atoms with van der Waals surface area (Å²) < 4.78 is 19.0. The zero-order chi connectivity index (χ0) is 16.1. The lowest BCUT2D eigenvalue weighted by atomic mass is 10.2. The summed E-state index contributed by atoms with van der Waals surface area (Å²) in [6.07, 6.45) is 3.25. The van der Waals surface area contributed by atoms with Crippen LogP contribution in [0, 0.1) is 5.82 Å². The molecule has 6 heteroatoms. The van der Waals surface area contributed by atoms with Gasteiger partial charge in [0.2, 0.25) is 0 Å². The van der Waals surface area contributed by atoms with E-state index in [4.69, 9.17) is 4.74 Å². The summed E-state index contributed by atoms with van der Waals surface area (Å²) in [7, 11) is 1.54. The van der Waals surface area contributed by atoms with Gasteiger partial charge in [0.15, 0.2) is 17.4 Å². The lowest BCUT2D eigenvalue weighted by Gasteiger charge is -2.11. The zero-order valence-electron chi connectivity index (χ0n) is 12.5. The predicted octanol–water partition coefficient (Wildman–Crippen LogP) is 3.30. The summed E-state index contributed by atoms with van der Waals surface area (Å²) in [6.45, 7) is 0.293. The van der Waals surface area contributed by atoms with E-state index < -0.39 is 0 Å². The molecule has 1 N–H and O–H groups in total. The molecule has 0 radical (unpaired) electrons. The summed E-state index contributed by atoms with van der Waals surface area (Å²) in [5.74, 6) is 1.19. The number of pyridine rings is 1. The second kappa shape index (κ2) is 6.83. The fraction of sp³-hybridized carbons (Fsp3) is 0.118. The molecule has 3 rings (SSSR count). The molecular formula is C17H15FN4O. The van der Waals surface area contributed by atoms with Gasteiger partial charge in [-0.3, -0.25) is 4.98 Å². The van der Waals surface area contributed by atoms with Crippen LogP contribution in [0.25, 0.3) is 11.5 Å². The van der Waals surface area contributed by atoms with E-state index in [1.807, 2.05) is 18.2 Å². The Kier molecular flexibility index (Phi) is 4.42. The van der Waals surface area contributed by atoms with Gasteiger partial charge in [0, 0.05) is 18.3 Å². The molecule has 0 saturated carbocycles. The topological polar surface area (TPSA) is 59.9 Å². The Morgan fingerprint density at radius 1 is 1.09 bits per heavy atom. The number of methoxy groups -OCH3 is 1. The molecule has 0 amide bonds. The summed E-state index contributed by atoms with van der Waals surface area (Å²) in [5, 5.41) is 3.09. The van der Waals surface area contributed by atoms with Crippen molar-refractivity contribution in [3.8, 4) is 17.3 Å². The van der Waals surface area contributed by atoms with Crippen LogP contribution >= 0.6 is 0 Å². The monoisotopic (exact) mass is 310 g/mol. The van der Waals surface area contributed by atoms with Crippen molar-refractivity contribution in [2.75, 3.05) is 12.4 Å². The molecule has 2 heterocycles. The van der Waals surface area contributed by atoms with E-state index in [-0.39, 0.29) is 5.82 Å². The van der Waals surface area contributed by atoms with Crippen LogP contribution in [0.1, 0.15) is 5.56 Å². The highest BCUT2D eigenvalue weighted by Gasteiger charge is 2.10. The Balaban J connectivity index is 1.87. The zero-order valence-corrected chi connectivity index (χ0v) is 12.5. The highest BCUT2D eigenvalue weighted by Crippen LogP contribution is 2.24. The second-order valence-corrected chi connectivity index (χ2v) is 4.77. The quantitative estimate of drug-likeness (QED) is 0.783. The van der Waals surface area contributed by atoms with Gasteiger partial charge in [-0.15, -0.1) is 0 Å². The van der Waals surface area contributed by atoms with E-state index in [0.717, 1.165) is 0 Å². The summed E-state index contributed by atoms with van der Waals surface area (Å²) in [4.78, 5) is 12.9. The maximum absolute atomic E-state index is 13.7. The van der Waals surface area contributed by atoms with Crippen molar-refractivity contribution in [2.45, 2.75) is 6.54 Å². The van der Waals surface area contributed by atoms with Crippen molar-refractivity contribution < 1.29 is 9.13 Å². The van der Waals surface area contributed by atoms with Gasteiger partial charge in [-0.2, -0.15) is 0 Å². The average Bonchev–Trinajstić information content (AvgIpc) is 2.61. The van der Waals surface area contributed by atoms with Crippen LogP contribution in [0.5, 0.6) is 5.75 Å². The first-order chi connectivity index (χ1) is 11.3. The van der Waals surface area contributed by atoms with Crippen LogP contribution in [0.4, 0.5) is 10.2 Å². The first-order valence-corrected chi connectivity index (χ1v) is 7.07. The molecule has 0 atom stereocenters. The Morgan fingerprint density at radius 3 is 2.65 bits per heavy atom. The van der Waals surface area contributed by atoms with Gasteiger partial charge >= 0.3 is 0 Å². The van der Waals surface area contributed by atoms with Crippen molar-refractivity contribution in [1.82, 2.24) is 15.0 Å². The van der Waals surface area contributed by atoms with E-state index >= 15 is 0 Å². The fourth-order valence-electron chi connectivity index (χ4n) is 2.09. The number of nitrogens with zero attached hydrogens (tertiary/aromatic N) is 3. The third kappa shape index (κ3) is 3.42. The standard InChI is InChI=1S/C17H15FN4O/c1-23-15-11-21-16(14-8-4-5-9-19-14)22-17(15)20-10-12-6-2-3-7-13(12)18/h2-9,11H,10H2,1H3,(H,20,21,22). The molecule has 0 spiro atoms. The van der Waals surface area contributed by atoms with Crippen molar-refractivity contribution in [1.29, 1.82) is 0 Å². The van der Waals surface area contributed by atoms with Crippen LogP contribution in [0.3, 0.4) is 0 Å². The Bertz CT molecular complexity index is 796. The lowest BCUT2D eigenvalue weighted by molar-refractivity contribution is 0.412. The lowest BCUT2D eigenvalue weighted by Crippen LogP contribution is -2.06. The molecule has 0 aliphatic rings. The summed E-state index contributed by atoms with van der Waals surface area (Å²) >= 11 is 0. The van der Waals surface area contributed by atoms with Crippen LogP contribution in [0.15, 0.2) is 54.9 Å². The number of anilines is 1. The minimum Gasteiger partial charge on any atom is -0.491 e. The Morgan fingerprint density at radius 2 is 1.91 bits per heavy atom. The molecule has 3 aromatic rings. The largest absolute Gasteiger partial charge is 0.491 e. The molecule has 2 aromatic heterocycles. The molecule has 0 aliphatic carbocycles. The van der Waals surface area contributed by atoms with Gasteiger partial charge in [0.05, 0.1) is 13.3 Å². The van der Waals surface area contributed by atoms with Crippen molar-refractivity contribution >= 4 is 5.82 Å². The maximum Gasteiger partial charge on any atom is 0.180 e. The molecule has 0 bridgehead atoms.